The highest BCUT2D eigenvalue weighted by Gasteiger charge is 1.97. The van der Waals surface area contributed by atoms with Gasteiger partial charge in [0.1, 0.15) is 0 Å². The molecule has 0 aromatic rings. The standard InChI is InChI=1S/C4H5FINS/c1-2(3(5)7)4(6)8/h7H2,1H3. The van der Waals surface area contributed by atoms with Crippen LogP contribution >= 0.6 is 34.8 Å². The van der Waals surface area contributed by atoms with Gasteiger partial charge in [0.2, 0.25) is 0 Å². The van der Waals surface area contributed by atoms with E-state index < -0.39 is 5.95 Å². The van der Waals surface area contributed by atoms with Gasteiger partial charge in [0.15, 0.2) is 5.95 Å². The average Bonchev–Trinajstić information content (AvgIpc) is 1.64. The molecule has 0 saturated carbocycles. The molecule has 0 saturated heterocycles. The highest BCUT2D eigenvalue weighted by Crippen LogP contribution is 2.07. The molecular formula is C4H5FINS. The fourth-order valence-corrected chi connectivity index (χ4v) is 0.449. The number of allylic oxidation sites excluding steroid dienone is 1. The van der Waals surface area contributed by atoms with Gasteiger partial charge in [-0.25, -0.2) is 0 Å². The Hall–Kier alpha value is 0.290. The van der Waals surface area contributed by atoms with Gasteiger partial charge in [-0.05, 0) is 29.5 Å². The summed E-state index contributed by atoms with van der Waals surface area (Å²) < 4.78 is 12.4. The van der Waals surface area contributed by atoms with Crippen molar-refractivity contribution in [3.8, 4) is 0 Å². The second-order valence-corrected chi connectivity index (χ2v) is 3.47. The number of hydrogen-bond donors (Lipinski definition) is 1. The van der Waals surface area contributed by atoms with Crippen LogP contribution in [0.2, 0.25) is 0 Å². The molecule has 1 nitrogen and oxygen atoms in total. The van der Waals surface area contributed by atoms with E-state index in [1.807, 2.05) is 22.6 Å². The lowest BCUT2D eigenvalue weighted by atomic mass is 10.4. The molecule has 0 atom stereocenters. The fourth-order valence-electron chi connectivity index (χ4n) is 0.0939. The van der Waals surface area contributed by atoms with Gasteiger partial charge in [-0.15, -0.1) is 0 Å². The van der Waals surface area contributed by atoms with Crippen LogP contribution in [-0.4, -0.2) is 2.87 Å². The summed E-state index contributed by atoms with van der Waals surface area (Å²) in [4.78, 5) is 0. The molecule has 0 fully saturated rings. The van der Waals surface area contributed by atoms with Gasteiger partial charge in [-0.1, -0.05) is 12.2 Å². The summed E-state index contributed by atoms with van der Waals surface area (Å²) in [5.41, 5.74) is 5.11. The van der Waals surface area contributed by atoms with Crippen molar-refractivity contribution in [3.05, 3.63) is 11.5 Å². The Labute approximate surface area is 66.3 Å². The van der Waals surface area contributed by atoms with Crippen molar-refractivity contribution in [2.75, 3.05) is 0 Å². The summed E-state index contributed by atoms with van der Waals surface area (Å²) >= 11 is 6.44. The van der Waals surface area contributed by atoms with Crippen LogP contribution in [0, 0.1) is 0 Å². The Balaban J connectivity index is 4.23. The lowest BCUT2D eigenvalue weighted by Gasteiger charge is -1.91. The quantitative estimate of drug-likeness (QED) is 0.251. The van der Waals surface area contributed by atoms with E-state index in [0.29, 0.717) is 8.44 Å². The summed E-state index contributed by atoms with van der Waals surface area (Å²) in [6.45, 7) is 1.55. The highest BCUT2D eigenvalue weighted by molar-refractivity contribution is 14.1. The number of hydrogen-bond acceptors (Lipinski definition) is 2. The Morgan fingerprint density at radius 2 is 2.12 bits per heavy atom. The first-order valence-electron chi connectivity index (χ1n) is 1.87. The molecule has 0 heterocycles. The zero-order chi connectivity index (χ0) is 6.73. The Morgan fingerprint density at radius 3 is 2.12 bits per heavy atom. The van der Waals surface area contributed by atoms with Gasteiger partial charge in [-0.3, -0.25) is 0 Å². The van der Waals surface area contributed by atoms with Crippen LogP contribution in [-0.2, 0) is 0 Å². The molecular weight excluding hydrogens is 240 g/mol. The molecule has 4 heteroatoms. The van der Waals surface area contributed by atoms with E-state index in [0.717, 1.165) is 0 Å². The van der Waals surface area contributed by atoms with Crippen LogP contribution in [0.25, 0.3) is 0 Å². The van der Waals surface area contributed by atoms with E-state index in [9.17, 15) is 4.39 Å². The van der Waals surface area contributed by atoms with Crippen molar-refractivity contribution in [3.63, 3.8) is 0 Å². The molecule has 8 heavy (non-hydrogen) atoms. The van der Waals surface area contributed by atoms with Crippen LogP contribution in [0.1, 0.15) is 6.92 Å². The van der Waals surface area contributed by atoms with Crippen LogP contribution in [0.3, 0.4) is 0 Å². The fraction of sp³-hybridized carbons (Fsp3) is 0.250. The summed E-state index contributed by atoms with van der Waals surface area (Å²) in [5, 5.41) is 0. The average molecular weight is 245 g/mol. The zero-order valence-electron chi connectivity index (χ0n) is 4.24. The van der Waals surface area contributed by atoms with Crippen molar-refractivity contribution in [1.29, 1.82) is 0 Å². The summed E-state index contributed by atoms with van der Waals surface area (Å²) in [5.74, 6) is -0.690. The smallest absolute Gasteiger partial charge is 0.189 e. The predicted octanol–water partition coefficient (Wildman–Crippen LogP) is 1.91. The molecule has 2 N–H and O–H groups in total. The molecule has 0 bridgehead atoms. The van der Waals surface area contributed by atoms with E-state index in [4.69, 9.17) is 5.73 Å². The predicted molar refractivity (Wildman–Crippen MR) is 44.6 cm³/mol. The Bertz CT molecular complexity index is 139. The number of halogens is 2. The Kier molecular flexibility index (Phi) is 3.46. The SMILES string of the molecule is CC(C(=S)I)=C(N)F. The van der Waals surface area contributed by atoms with Crippen molar-refractivity contribution in [1.82, 2.24) is 0 Å². The molecule has 0 aliphatic heterocycles. The van der Waals surface area contributed by atoms with Gasteiger partial charge in [-0.2, -0.15) is 4.39 Å². The largest absolute Gasteiger partial charge is 0.375 e. The van der Waals surface area contributed by atoms with Crippen LogP contribution in [0.4, 0.5) is 4.39 Å². The number of nitrogens with two attached hydrogens (primary N) is 1. The lowest BCUT2D eigenvalue weighted by Crippen LogP contribution is -1.96. The van der Waals surface area contributed by atoms with Crippen LogP contribution in [0.5, 0.6) is 0 Å². The van der Waals surface area contributed by atoms with E-state index in [-0.39, 0.29) is 0 Å². The van der Waals surface area contributed by atoms with E-state index in [1.165, 1.54) is 0 Å². The molecule has 0 unspecified atom stereocenters. The molecule has 0 amide bonds. The van der Waals surface area contributed by atoms with Crippen molar-refractivity contribution in [2.45, 2.75) is 6.92 Å². The topological polar surface area (TPSA) is 26.0 Å². The molecule has 0 rings (SSSR count). The summed E-state index contributed by atoms with van der Waals surface area (Å²) in [6.07, 6.45) is 0. The first-order chi connectivity index (χ1) is 3.55. The van der Waals surface area contributed by atoms with Crippen molar-refractivity contribution < 1.29 is 4.39 Å². The van der Waals surface area contributed by atoms with Crippen molar-refractivity contribution >= 4 is 37.7 Å². The maximum atomic E-state index is 11.9. The maximum Gasteiger partial charge on any atom is 0.189 e. The van der Waals surface area contributed by atoms with Gasteiger partial charge >= 0.3 is 0 Å². The van der Waals surface area contributed by atoms with Gasteiger partial charge < -0.3 is 5.73 Å². The Morgan fingerprint density at radius 1 is 1.75 bits per heavy atom. The van der Waals surface area contributed by atoms with E-state index in [1.54, 1.807) is 6.92 Å². The minimum atomic E-state index is -0.690. The maximum absolute atomic E-state index is 11.9. The van der Waals surface area contributed by atoms with E-state index in [2.05, 4.69) is 12.2 Å². The van der Waals surface area contributed by atoms with Gasteiger partial charge in [0.25, 0.3) is 0 Å². The minimum absolute atomic E-state index is 0.348. The summed E-state index contributed by atoms with van der Waals surface area (Å²) in [6, 6.07) is 0. The molecule has 0 aromatic carbocycles. The molecule has 0 spiro atoms. The third-order valence-electron chi connectivity index (χ3n) is 0.653. The molecule has 0 aliphatic carbocycles. The normalized spacial score (nSPS) is 12.9. The third-order valence-corrected chi connectivity index (χ3v) is 1.77. The monoisotopic (exact) mass is 245 g/mol. The van der Waals surface area contributed by atoms with Crippen molar-refractivity contribution in [2.24, 2.45) is 5.73 Å². The molecule has 46 valence electrons. The molecule has 0 aliphatic rings. The number of thiocarbonyl (C=S) groups is 1. The molecule has 0 aromatic heterocycles. The van der Waals surface area contributed by atoms with Gasteiger partial charge in [0.05, 0.1) is 2.87 Å². The first-order valence-corrected chi connectivity index (χ1v) is 3.36. The first kappa shape index (κ1) is 8.29. The number of rotatable bonds is 1. The lowest BCUT2D eigenvalue weighted by molar-refractivity contribution is 0.621. The second kappa shape index (κ2) is 3.34. The zero-order valence-corrected chi connectivity index (χ0v) is 7.22. The second-order valence-electron chi connectivity index (χ2n) is 1.25. The van der Waals surface area contributed by atoms with E-state index >= 15 is 0 Å². The summed E-state index contributed by atoms with van der Waals surface area (Å²) in [7, 11) is 0. The minimum Gasteiger partial charge on any atom is -0.375 e. The third kappa shape index (κ3) is 2.56. The van der Waals surface area contributed by atoms with Crippen LogP contribution < -0.4 is 5.73 Å². The molecule has 0 radical (unpaired) electrons. The van der Waals surface area contributed by atoms with Crippen LogP contribution in [0.15, 0.2) is 11.5 Å². The van der Waals surface area contributed by atoms with Gasteiger partial charge in [0, 0.05) is 5.57 Å². The highest BCUT2D eigenvalue weighted by atomic mass is 127.